The minimum Gasteiger partial charge on any atom is -0.271 e. The van der Waals surface area contributed by atoms with Crippen molar-refractivity contribution in [3.8, 4) is 0 Å². The third kappa shape index (κ3) is 3.63. The van der Waals surface area contributed by atoms with Crippen molar-refractivity contribution in [3.63, 3.8) is 0 Å². The number of nitro groups is 2. The zero-order valence-electron chi connectivity index (χ0n) is 14.8. The molecule has 0 amide bonds. The number of thiophene rings is 1. The van der Waals surface area contributed by atoms with Crippen LogP contribution in [0.2, 0.25) is 0 Å². The number of anilines is 1. The van der Waals surface area contributed by atoms with Crippen LogP contribution < -0.4 is 5.43 Å². The lowest BCUT2D eigenvalue weighted by Crippen LogP contribution is -2.02. The van der Waals surface area contributed by atoms with E-state index < -0.39 is 15.5 Å². The van der Waals surface area contributed by atoms with Gasteiger partial charge in [0.15, 0.2) is 0 Å². The number of fused-ring (bicyclic) bond motifs is 1. The molecule has 2 aromatic carbocycles. The fraction of sp³-hybridized carbons (Fsp3) is 0.167. The van der Waals surface area contributed by atoms with Gasteiger partial charge >= 0.3 is 5.69 Å². The highest BCUT2D eigenvalue weighted by atomic mass is 32.1. The Labute approximate surface area is 158 Å². The molecule has 1 aromatic heterocycles. The Morgan fingerprint density at radius 2 is 1.81 bits per heavy atom. The summed E-state index contributed by atoms with van der Waals surface area (Å²) in [5.41, 5.74) is 4.97. The summed E-state index contributed by atoms with van der Waals surface area (Å²) in [4.78, 5) is 21.7. The van der Waals surface area contributed by atoms with E-state index in [1.165, 1.54) is 17.7 Å². The molecule has 0 bridgehead atoms. The molecule has 9 heteroatoms. The third-order valence-corrected chi connectivity index (χ3v) is 5.53. The molecule has 0 fully saturated rings. The van der Waals surface area contributed by atoms with Gasteiger partial charge in [0.25, 0.3) is 5.69 Å². The van der Waals surface area contributed by atoms with E-state index in [1.54, 1.807) is 11.3 Å². The standard InChI is InChI=1S/C18H16N4O4S/c1-10-4-7-17-14(8-10)11(2)18(27-17)12(3)19-20-15-6-5-13(21(23)24)9-16(15)22(25)26/h4-9,20H,1-3H3/b19-12-. The molecule has 3 aromatic rings. The monoisotopic (exact) mass is 384 g/mol. The van der Waals surface area contributed by atoms with Crippen LogP contribution in [0.1, 0.15) is 22.9 Å². The van der Waals surface area contributed by atoms with Crippen molar-refractivity contribution in [1.29, 1.82) is 0 Å². The SMILES string of the molecule is C/C(=N/Nc1ccc([N+](=O)[O-])cc1[N+](=O)[O-])c1sc2ccc(C)cc2c1C. The van der Waals surface area contributed by atoms with Gasteiger partial charge in [-0.05, 0) is 43.9 Å². The predicted octanol–water partition coefficient (Wildman–Crippen LogP) is 5.17. The second-order valence-electron chi connectivity index (χ2n) is 6.08. The molecule has 1 N–H and O–H groups in total. The average molecular weight is 384 g/mol. The number of hydrogen-bond donors (Lipinski definition) is 1. The second-order valence-corrected chi connectivity index (χ2v) is 7.13. The normalized spacial score (nSPS) is 11.6. The second kappa shape index (κ2) is 7.12. The van der Waals surface area contributed by atoms with Crippen LogP contribution in [0.4, 0.5) is 17.1 Å². The topological polar surface area (TPSA) is 111 Å². The van der Waals surface area contributed by atoms with Crippen LogP contribution in [0.25, 0.3) is 10.1 Å². The van der Waals surface area contributed by atoms with Gasteiger partial charge in [0.1, 0.15) is 5.69 Å². The number of hydrogen-bond acceptors (Lipinski definition) is 7. The van der Waals surface area contributed by atoms with Crippen molar-refractivity contribution >= 4 is 44.2 Å². The van der Waals surface area contributed by atoms with Gasteiger partial charge in [-0.3, -0.25) is 25.7 Å². The number of nitro benzene ring substituents is 2. The summed E-state index contributed by atoms with van der Waals surface area (Å²) in [5, 5.41) is 27.5. The molecule has 0 aliphatic carbocycles. The van der Waals surface area contributed by atoms with Crippen LogP contribution in [0.3, 0.4) is 0 Å². The number of rotatable bonds is 5. The molecule has 0 saturated carbocycles. The number of aryl methyl sites for hydroxylation is 2. The van der Waals surface area contributed by atoms with Gasteiger partial charge < -0.3 is 0 Å². The number of non-ortho nitro benzene ring substituents is 1. The fourth-order valence-electron chi connectivity index (χ4n) is 2.75. The first-order valence-corrected chi connectivity index (χ1v) is 8.83. The molecule has 138 valence electrons. The van der Waals surface area contributed by atoms with Crippen molar-refractivity contribution in [3.05, 3.63) is 72.6 Å². The number of nitrogens with one attached hydrogen (secondary N) is 1. The highest BCUT2D eigenvalue weighted by molar-refractivity contribution is 7.21. The fourth-order valence-corrected chi connectivity index (χ4v) is 3.89. The Morgan fingerprint density at radius 3 is 2.48 bits per heavy atom. The molecule has 1 heterocycles. The van der Waals surface area contributed by atoms with Crippen molar-refractivity contribution < 1.29 is 9.85 Å². The molecule has 0 saturated heterocycles. The molecular formula is C18H16N4O4S. The van der Waals surface area contributed by atoms with Crippen LogP contribution >= 0.6 is 11.3 Å². The van der Waals surface area contributed by atoms with Gasteiger partial charge in [-0.2, -0.15) is 5.10 Å². The van der Waals surface area contributed by atoms with Crippen LogP contribution in [0.15, 0.2) is 41.5 Å². The van der Waals surface area contributed by atoms with E-state index >= 15 is 0 Å². The summed E-state index contributed by atoms with van der Waals surface area (Å²) in [6.07, 6.45) is 0. The summed E-state index contributed by atoms with van der Waals surface area (Å²) in [5.74, 6) is 0. The molecule has 0 atom stereocenters. The van der Waals surface area contributed by atoms with E-state index in [0.29, 0.717) is 5.71 Å². The lowest BCUT2D eigenvalue weighted by molar-refractivity contribution is -0.393. The Morgan fingerprint density at radius 1 is 1.07 bits per heavy atom. The van der Waals surface area contributed by atoms with Crippen molar-refractivity contribution in [2.24, 2.45) is 5.10 Å². The van der Waals surface area contributed by atoms with Crippen LogP contribution in [0.5, 0.6) is 0 Å². The molecule has 27 heavy (non-hydrogen) atoms. The minimum atomic E-state index is -0.673. The Bertz CT molecular complexity index is 1100. The molecule has 0 unspecified atom stereocenters. The first-order chi connectivity index (χ1) is 12.8. The first kappa shape index (κ1) is 18.5. The van der Waals surface area contributed by atoms with Crippen LogP contribution in [-0.4, -0.2) is 15.6 Å². The minimum absolute atomic E-state index is 0.0968. The van der Waals surface area contributed by atoms with Crippen molar-refractivity contribution in [1.82, 2.24) is 0 Å². The van der Waals surface area contributed by atoms with Gasteiger partial charge in [0.05, 0.1) is 26.5 Å². The zero-order valence-corrected chi connectivity index (χ0v) is 15.7. The van der Waals surface area contributed by atoms with E-state index in [0.717, 1.165) is 26.6 Å². The Hall–Kier alpha value is -3.33. The van der Waals surface area contributed by atoms with Gasteiger partial charge in [-0.15, -0.1) is 11.3 Å². The largest absolute Gasteiger partial charge is 0.301 e. The zero-order chi connectivity index (χ0) is 19.7. The molecule has 0 aliphatic heterocycles. The van der Waals surface area contributed by atoms with E-state index in [1.807, 2.05) is 26.8 Å². The van der Waals surface area contributed by atoms with Crippen molar-refractivity contribution in [2.45, 2.75) is 20.8 Å². The molecule has 0 aliphatic rings. The van der Waals surface area contributed by atoms with E-state index in [4.69, 9.17) is 0 Å². The molecule has 8 nitrogen and oxygen atoms in total. The Kier molecular flexibility index (Phi) is 4.87. The summed E-state index contributed by atoms with van der Waals surface area (Å²) >= 11 is 1.60. The number of hydrazone groups is 1. The maximum atomic E-state index is 11.2. The molecule has 0 radical (unpaired) electrons. The highest BCUT2D eigenvalue weighted by Crippen LogP contribution is 2.33. The summed E-state index contributed by atoms with van der Waals surface area (Å²) < 4.78 is 1.14. The first-order valence-electron chi connectivity index (χ1n) is 8.01. The van der Waals surface area contributed by atoms with E-state index in [2.05, 4.69) is 22.7 Å². The van der Waals surface area contributed by atoms with Gasteiger partial charge in [-0.25, -0.2) is 0 Å². The summed E-state index contributed by atoms with van der Waals surface area (Å²) in [7, 11) is 0. The summed E-state index contributed by atoms with van der Waals surface area (Å²) in [6.45, 7) is 5.86. The van der Waals surface area contributed by atoms with Gasteiger partial charge in [-0.1, -0.05) is 17.7 Å². The number of nitrogens with zero attached hydrogens (tertiary/aromatic N) is 3. The lowest BCUT2D eigenvalue weighted by atomic mass is 10.1. The lowest BCUT2D eigenvalue weighted by Gasteiger charge is -2.04. The Balaban J connectivity index is 1.95. The van der Waals surface area contributed by atoms with Crippen LogP contribution in [-0.2, 0) is 0 Å². The van der Waals surface area contributed by atoms with E-state index in [-0.39, 0.29) is 11.4 Å². The maximum Gasteiger partial charge on any atom is 0.301 e. The number of benzene rings is 2. The molecular weight excluding hydrogens is 368 g/mol. The third-order valence-electron chi connectivity index (χ3n) is 4.15. The van der Waals surface area contributed by atoms with Gasteiger partial charge in [0.2, 0.25) is 0 Å². The molecule has 0 spiro atoms. The maximum absolute atomic E-state index is 11.2. The summed E-state index contributed by atoms with van der Waals surface area (Å²) in [6, 6.07) is 9.63. The molecule has 3 rings (SSSR count). The smallest absolute Gasteiger partial charge is 0.271 e. The average Bonchev–Trinajstić information content (AvgIpc) is 2.95. The van der Waals surface area contributed by atoms with Gasteiger partial charge in [0, 0.05) is 10.8 Å². The quantitative estimate of drug-likeness (QED) is 0.370. The van der Waals surface area contributed by atoms with E-state index in [9.17, 15) is 20.2 Å². The predicted molar refractivity (Wildman–Crippen MR) is 107 cm³/mol. The highest BCUT2D eigenvalue weighted by Gasteiger charge is 2.19. The van der Waals surface area contributed by atoms with Crippen LogP contribution in [0, 0.1) is 34.1 Å². The van der Waals surface area contributed by atoms with Crippen molar-refractivity contribution in [2.75, 3.05) is 5.43 Å².